The average molecular weight is 458 g/mol. The van der Waals surface area contributed by atoms with Crippen molar-refractivity contribution in [1.29, 1.82) is 0 Å². The van der Waals surface area contributed by atoms with Gasteiger partial charge in [0.15, 0.2) is 0 Å². The van der Waals surface area contributed by atoms with Crippen molar-refractivity contribution in [3.05, 3.63) is 65.7 Å². The molecule has 0 bridgehead atoms. The Balaban J connectivity index is 1.61. The number of carbonyl (C=O) groups is 2. The summed E-state index contributed by atoms with van der Waals surface area (Å²) in [6.45, 7) is 1.77. The minimum absolute atomic E-state index is 0.0327. The molecule has 8 nitrogen and oxygen atoms in total. The van der Waals surface area contributed by atoms with Crippen LogP contribution in [0, 0.1) is 12.8 Å². The molecule has 2 fully saturated rings. The Morgan fingerprint density at radius 1 is 1.03 bits per heavy atom. The molecule has 0 aromatic heterocycles. The highest BCUT2D eigenvalue weighted by Gasteiger charge is 2.51. The number of aryl methyl sites for hydroxylation is 1. The summed E-state index contributed by atoms with van der Waals surface area (Å²) in [5.74, 6) is -0.968. The number of β-amino-alcohol motifs (C(OH)–C–C–N with tert-alkyl or cyclic N) is 1. The fourth-order valence-corrected chi connectivity index (χ4v) is 5.51. The first-order chi connectivity index (χ1) is 15.3. The van der Waals surface area contributed by atoms with Crippen molar-refractivity contribution in [2.24, 2.45) is 5.92 Å². The molecule has 170 valence electrons. The van der Waals surface area contributed by atoms with Gasteiger partial charge in [0.2, 0.25) is 21.8 Å². The fraction of sp³-hybridized carbons (Fsp3) is 0.391. The molecule has 2 aromatic rings. The van der Waals surface area contributed by atoms with Crippen LogP contribution in [0.4, 0.5) is 0 Å². The van der Waals surface area contributed by atoms with Crippen LogP contribution < -0.4 is 10.6 Å². The molecule has 1 saturated heterocycles. The molecule has 32 heavy (non-hydrogen) atoms. The number of nitrogens with one attached hydrogen (secondary N) is 2. The number of benzene rings is 2. The van der Waals surface area contributed by atoms with Gasteiger partial charge in [-0.1, -0.05) is 48.0 Å². The van der Waals surface area contributed by atoms with Gasteiger partial charge in [0, 0.05) is 19.0 Å². The Hall–Kier alpha value is -2.75. The summed E-state index contributed by atoms with van der Waals surface area (Å²) in [6, 6.07) is 13.2. The third-order valence-corrected chi connectivity index (χ3v) is 7.76. The van der Waals surface area contributed by atoms with E-state index in [4.69, 9.17) is 0 Å². The van der Waals surface area contributed by atoms with Crippen molar-refractivity contribution < 1.29 is 23.1 Å². The number of sulfonamides is 1. The van der Waals surface area contributed by atoms with E-state index in [0.717, 1.165) is 28.3 Å². The highest BCUT2D eigenvalue weighted by Crippen LogP contribution is 2.31. The molecule has 9 heteroatoms. The Bertz CT molecular complexity index is 1080. The molecule has 1 saturated carbocycles. The summed E-state index contributed by atoms with van der Waals surface area (Å²) >= 11 is 0. The lowest BCUT2D eigenvalue weighted by molar-refractivity contribution is -0.127. The van der Waals surface area contributed by atoms with Crippen LogP contribution in [0.5, 0.6) is 0 Å². The fourth-order valence-electron chi connectivity index (χ4n) is 3.88. The molecule has 1 heterocycles. The lowest BCUT2D eigenvalue weighted by Crippen LogP contribution is -2.56. The molecular formula is C23H27N3O5S. The van der Waals surface area contributed by atoms with E-state index in [2.05, 4.69) is 10.6 Å². The average Bonchev–Trinajstić information content (AvgIpc) is 3.58. The molecule has 2 amide bonds. The lowest BCUT2D eigenvalue weighted by atomic mass is 10.1. The van der Waals surface area contributed by atoms with Crippen LogP contribution in [0.25, 0.3) is 0 Å². The topological polar surface area (TPSA) is 116 Å². The second kappa shape index (κ2) is 9.01. The van der Waals surface area contributed by atoms with Crippen molar-refractivity contribution in [2.45, 2.75) is 49.4 Å². The van der Waals surface area contributed by atoms with Gasteiger partial charge in [-0.3, -0.25) is 9.59 Å². The predicted octanol–water partition coefficient (Wildman–Crippen LogP) is 0.940. The van der Waals surface area contributed by atoms with Gasteiger partial charge >= 0.3 is 0 Å². The van der Waals surface area contributed by atoms with Gasteiger partial charge in [-0.05, 0) is 37.5 Å². The number of rotatable bonds is 7. The zero-order valence-electron chi connectivity index (χ0n) is 17.8. The van der Waals surface area contributed by atoms with Crippen LogP contribution in [0.2, 0.25) is 0 Å². The number of carbonyl (C=O) groups excluding carboxylic acids is 2. The van der Waals surface area contributed by atoms with Gasteiger partial charge in [-0.2, -0.15) is 4.31 Å². The quantitative estimate of drug-likeness (QED) is 0.572. The monoisotopic (exact) mass is 457 g/mol. The van der Waals surface area contributed by atoms with Crippen LogP contribution >= 0.6 is 0 Å². The number of aliphatic hydroxyl groups is 1. The van der Waals surface area contributed by atoms with Crippen LogP contribution in [0.1, 0.15) is 24.0 Å². The standard InChI is InChI=1S/C23H27N3O5S/c1-15-7-11-18(12-8-15)32(30,31)26-14-19(27)20(25-22(28)17-9-10-17)21(26)23(29)24-13-16-5-3-2-4-6-16/h2-8,11-12,17,19-21,27H,9-10,13-14H2,1H3,(H,24,29)(H,25,28)/t19-,20+,21-/m0/s1. The molecule has 4 rings (SSSR count). The zero-order valence-corrected chi connectivity index (χ0v) is 18.6. The summed E-state index contributed by atoms with van der Waals surface area (Å²) in [5, 5.41) is 16.2. The van der Waals surface area contributed by atoms with Gasteiger partial charge in [-0.15, -0.1) is 0 Å². The van der Waals surface area contributed by atoms with Crippen molar-refractivity contribution >= 4 is 21.8 Å². The third kappa shape index (κ3) is 4.69. The Kier molecular flexibility index (Phi) is 6.32. The summed E-state index contributed by atoms with van der Waals surface area (Å²) in [4.78, 5) is 25.6. The smallest absolute Gasteiger partial charge is 0.243 e. The van der Waals surface area contributed by atoms with E-state index in [0.29, 0.717) is 0 Å². The number of hydrogen-bond donors (Lipinski definition) is 3. The van der Waals surface area contributed by atoms with Crippen molar-refractivity contribution in [3.63, 3.8) is 0 Å². The maximum atomic E-state index is 13.4. The summed E-state index contributed by atoms with van der Waals surface area (Å²) in [6.07, 6.45) is 0.306. The summed E-state index contributed by atoms with van der Waals surface area (Å²) in [5.41, 5.74) is 1.75. The minimum Gasteiger partial charge on any atom is -0.390 e. The van der Waals surface area contributed by atoms with Gasteiger partial charge in [-0.25, -0.2) is 8.42 Å². The second-order valence-corrected chi connectivity index (χ2v) is 10.3. The van der Waals surface area contributed by atoms with E-state index in [-0.39, 0.29) is 29.8 Å². The Labute approximate surface area is 187 Å². The van der Waals surface area contributed by atoms with E-state index in [1.165, 1.54) is 12.1 Å². The van der Waals surface area contributed by atoms with Gasteiger partial charge in [0.1, 0.15) is 6.04 Å². The summed E-state index contributed by atoms with van der Waals surface area (Å²) < 4.78 is 27.8. The number of nitrogens with zero attached hydrogens (tertiary/aromatic N) is 1. The van der Waals surface area contributed by atoms with Crippen molar-refractivity contribution in [1.82, 2.24) is 14.9 Å². The maximum Gasteiger partial charge on any atom is 0.243 e. The number of aliphatic hydroxyl groups excluding tert-OH is 1. The maximum absolute atomic E-state index is 13.4. The molecule has 3 N–H and O–H groups in total. The summed E-state index contributed by atoms with van der Waals surface area (Å²) in [7, 11) is -4.08. The first-order valence-corrected chi connectivity index (χ1v) is 12.1. The third-order valence-electron chi connectivity index (χ3n) is 5.89. The molecule has 1 aliphatic heterocycles. The van der Waals surface area contributed by atoms with Crippen LogP contribution in [-0.2, 0) is 26.2 Å². The van der Waals surface area contributed by atoms with E-state index < -0.39 is 34.1 Å². The number of hydrogen-bond acceptors (Lipinski definition) is 5. The number of amides is 2. The Morgan fingerprint density at radius 3 is 2.31 bits per heavy atom. The van der Waals surface area contributed by atoms with E-state index in [1.807, 2.05) is 37.3 Å². The zero-order chi connectivity index (χ0) is 22.9. The normalized spacial score (nSPS) is 23.6. The minimum atomic E-state index is -4.08. The largest absolute Gasteiger partial charge is 0.390 e. The molecule has 0 radical (unpaired) electrons. The lowest BCUT2D eigenvalue weighted by Gasteiger charge is -2.27. The highest BCUT2D eigenvalue weighted by atomic mass is 32.2. The highest BCUT2D eigenvalue weighted by molar-refractivity contribution is 7.89. The predicted molar refractivity (Wildman–Crippen MR) is 118 cm³/mol. The van der Waals surface area contributed by atoms with Crippen molar-refractivity contribution in [2.75, 3.05) is 6.54 Å². The molecule has 2 aromatic carbocycles. The molecule has 2 aliphatic rings. The van der Waals surface area contributed by atoms with Gasteiger partial charge < -0.3 is 15.7 Å². The molecule has 0 spiro atoms. The van der Waals surface area contributed by atoms with E-state index in [1.54, 1.807) is 12.1 Å². The molecular weight excluding hydrogens is 430 g/mol. The van der Waals surface area contributed by atoms with Crippen LogP contribution in [0.3, 0.4) is 0 Å². The second-order valence-electron chi connectivity index (χ2n) is 8.41. The molecule has 3 atom stereocenters. The van der Waals surface area contributed by atoms with Gasteiger partial charge in [0.25, 0.3) is 0 Å². The first-order valence-electron chi connectivity index (χ1n) is 10.7. The Morgan fingerprint density at radius 2 is 1.69 bits per heavy atom. The van der Waals surface area contributed by atoms with Crippen molar-refractivity contribution in [3.8, 4) is 0 Å². The molecule has 1 aliphatic carbocycles. The van der Waals surface area contributed by atoms with E-state index >= 15 is 0 Å². The first kappa shape index (κ1) is 22.4. The molecule has 0 unspecified atom stereocenters. The van der Waals surface area contributed by atoms with Crippen LogP contribution in [-0.4, -0.2) is 54.4 Å². The van der Waals surface area contributed by atoms with Gasteiger partial charge in [0.05, 0.1) is 17.0 Å². The van der Waals surface area contributed by atoms with Crippen LogP contribution in [0.15, 0.2) is 59.5 Å². The van der Waals surface area contributed by atoms with E-state index in [9.17, 15) is 23.1 Å². The SMILES string of the molecule is Cc1ccc(S(=O)(=O)N2C[C@H](O)[C@@H](NC(=O)C3CC3)[C@H]2C(=O)NCc2ccccc2)cc1.